The highest BCUT2D eigenvalue weighted by molar-refractivity contribution is 7.99. The van der Waals surface area contributed by atoms with E-state index >= 15 is 0 Å². The molecule has 4 heterocycles. The number of aryl methyl sites for hydroxylation is 2. The number of hydrogen-bond acceptors (Lipinski definition) is 9. The minimum atomic E-state index is -0.116. The van der Waals surface area contributed by atoms with Crippen LogP contribution in [0.5, 0.6) is 0 Å². The van der Waals surface area contributed by atoms with Gasteiger partial charge in [-0.2, -0.15) is 0 Å². The van der Waals surface area contributed by atoms with Gasteiger partial charge in [-0.15, -0.1) is 31.7 Å². The number of hydrogen-bond donors (Lipinski definition) is 1. The van der Waals surface area contributed by atoms with E-state index in [1.54, 1.807) is 0 Å². The standard InChI is InChI=1S/C21H23N7OS3/c1-3-15-24-26-20(32-15)22-14(29)9-30-21-27-25-18-16-12-7-4-10(2)8-13(12)31-19(16)23-17(28(18)21)11-5-6-11/h10-11H,3-9H2,1-2H3,(H,22,26,29). The van der Waals surface area contributed by atoms with E-state index in [4.69, 9.17) is 4.98 Å². The second-order valence-electron chi connectivity index (χ2n) is 8.61. The Labute approximate surface area is 197 Å². The fourth-order valence-electron chi connectivity index (χ4n) is 4.28. The van der Waals surface area contributed by atoms with Crippen molar-refractivity contribution < 1.29 is 4.79 Å². The highest BCUT2D eigenvalue weighted by Gasteiger charge is 2.32. The Hall–Kier alpha value is -2.11. The van der Waals surface area contributed by atoms with Crippen LogP contribution in [0.2, 0.25) is 0 Å². The summed E-state index contributed by atoms with van der Waals surface area (Å²) in [6.07, 6.45) is 6.52. The van der Waals surface area contributed by atoms with Crippen molar-refractivity contribution in [3.63, 3.8) is 0 Å². The molecule has 11 heteroatoms. The molecule has 6 rings (SSSR count). The van der Waals surface area contributed by atoms with Crippen LogP contribution in [0.1, 0.15) is 60.3 Å². The summed E-state index contributed by atoms with van der Waals surface area (Å²) in [6.45, 7) is 4.35. The predicted molar refractivity (Wildman–Crippen MR) is 128 cm³/mol. The lowest BCUT2D eigenvalue weighted by atomic mass is 9.89. The Morgan fingerprint density at radius 1 is 1.19 bits per heavy atom. The molecule has 0 spiro atoms. The first kappa shape index (κ1) is 20.5. The van der Waals surface area contributed by atoms with E-state index in [0.717, 1.165) is 64.5 Å². The number of thiophene rings is 1. The maximum atomic E-state index is 12.5. The van der Waals surface area contributed by atoms with Gasteiger partial charge in [0, 0.05) is 10.8 Å². The Balaban J connectivity index is 1.32. The van der Waals surface area contributed by atoms with Gasteiger partial charge >= 0.3 is 0 Å². The lowest BCUT2D eigenvalue weighted by molar-refractivity contribution is -0.113. The molecule has 1 unspecified atom stereocenters. The van der Waals surface area contributed by atoms with Crippen molar-refractivity contribution in [3.8, 4) is 0 Å². The lowest BCUT2D eigenvalue weighted by Crippen LogP contribution is -2.14. The van der Waals surface area contributed by atoms with Crippen molar-refractivity contribution in [2.24, 2.45) is 5.92 Å². The molecule has 4 aromatic rings. The van der Waals surface area contributed by atoms with Gasteiger partial charge in [0.15, 0.2) is 10.8 Å². The molecule has 0 bridgehead atoms. The number of anilines is 1. The van der Waals surface area contributed by atoms with Gasteiger partial charge in [-0.25, -0.2) is 4.98 Å². The van der Waals surface area contributed by atoms with Gasteiger partial charge < -0.3 is 0 Å². The number of nitrogens with one attached hydrogen (secondary N) is 1. The molecule has 1 saturated carbocycles. The second kappa shape index (κ2) is 8.03. The Bertz CT molecular complexity index is 1340. The molecule has 0 saturated heterocycles. The molecule has 0 radical (unpaired) electrons. The van der Waals surface area contributed by atoms with Crippen molar-refractivity contribution in [3.05, 3.63) is 21.3 Å². The molecule has 2 aliphatic rings. The molecular formula is C21H23N7OS3. The zero-order valence-electron chi connectivity index (χ0n) is 17.9. The first-order valence-electron chi connectivity index (χ1n) is 11.0. The maximum Gasteiger partial charge on any atom is 0.236 e. The molecule has 0 aliphatic heterocycles. The van der Waals surface area contributed by atoms with Crippen LogP contribution in [0, 0.1) is 5.92 Å². The van der Waals surface area contributed by atoms with Gasteiger partial charge in [-0.3, -0.25) is 14.5 Å². The van der Waals surface area contributed by atoms with Crippen molar-refractivity contribution >= 4 is 61.3 Å². The van der Waals surface area contributed by atoms with Crippen molar-refractivity contribution in [1.82, 2.24) is 29.8 Å². The minimum Gasteiger partial charge on any atom is -0.300 e. The molecule has 0 aromatic carbocycles. The van der Waals surface area contributed by atoms with E-state index in [-0.39, 0.29) is 11.7 Å². The summed E-state index contributed by atoms with van der Waals surface area (Å²) in [4.78, 5) is 20.2. The number of carbonyl (C=O) groups is 1. The number of carbonyl (C=O) groups excluding carboxylic acids is 1. The van der Waals surface area contributed by atoms with E-state index in [1.807, 2.05) is 18.3 Å². The summed E-state index contributed by atoms with van der Waals surface area (Å²) >= 11 is 4.65. The third-order valence-corrected chi connectivity index (χ3v) is 9.15. The zero-order valence-corrected chi connectivity index (χ0v) is 20.4. The SMILES string of the molecule is CCc1nnc(NC(=O)CSc2nnc3c4c5c(sc4nc(C4CC4)n23)CC(C)CC5)s1. The normalized spacial score (nSPS) is 18.4. The highest BCUT2D eigenvalue weighted by atomic mass is 32.2. The highest BCUT2D eigenvalue weighted by Crippen LogP contribution is 2.44. The van der Waals surface area contributed by atoms with Gasteiger partial charge in [-0.05, 0) is 50.0 Å². The fourth-order valence-corrected chi connectivity index (χ4v) is 7.10. The van der Waals surface area contributed by atoms with Gasteiger partial charge in [-0.1, -0.05) is 36.9 Å². The fraction of sp³-hybridized carbons (Fsp3) is 0.524. The van der Waals surface area contributed by atoms with Crippen LogP contribution in [0.4, 0.5) is 5.13 Å². The average Bonchev–Trinajstić information content (AvgIpc) is 3.22. The third kappa shape index (κ3) is 3.60. The molecule has 1 amide bonds. The first-order valence-corrected chi connectivity index (χ1v) is 13.7. The van der Waals surface area contributed by atoms with Gasteiger partial charge in [0.05, 0.1) is 11.1 Å². The second-order valence-corrected chi connectivity index (χ2v) is 11.7. The summed E-state index contributed by atoms with van der Waals surface area (Å²) in [5.74, 6) is 2.35. The number of fused-ring (bicyclic) bond motifs is 5. The van der Waals surface area contributed by atoms with Crippen LogP contribution < -0.4 is 5.32 Å². The van der Waals surface area contributed by atoms with Crippen molar-refractivity contribution in [1.29, 1.82) is 0 Å². The topological polar surface area (TPSA) is 98.0 Å². The Morgan fingerprint density at radius 2 is 2.06 bits per heavy atom. The zero-order chi connectivity index (χ0) is 21.8. The number of amides is 1. The van der Waals surface area contributed by atoms with Gasteiger partial charge in [0.1, 0.15) is 15.7 Å². The van der Waals surface area contributed by atoms with Crippen LogP contribution >= 0.6 is 34.4 Å². The van der Waals surface area contributed by atoms with Crippen molar-refractivity contribution in [2.75, 3.05) is 11.1 Å². The molecule has 1 N–H and O–H groups in total. The molecule has 4 aromatic heterocycles. The summed E-state index contributed by atoms with van der Waals surface area (Å²) in [6, 6.07) is 0. The monoisotopic (exact) mass is 485 g/mol. The molecule has 1 fully saturated rings. The van der Waals surface area contributed by atoms with Gasteiger partial charge in [0.2, 0.25) is 11.0 Å². The molecule has 166 valence electrons. The molecule has 1 atom stereocenters. The van der Waals surface area contributed by atoms with Crippen LogP contribution in [0.15, 0.2) is 5.16 Å². The Kier molecular flexibility index (Phi) is 5.14. The van der Waals surface area contributed by atoms with Crippen molar-refractivity contribution in [2.45, 2.75) is 63.4 Å². The lowest BCUT2D eigenvalue weighted by Gasteiger charge is -2.17. The summed E-state index contributed by atoms with van der Waals surface area (Å²) in [5.41, 5.74) is 2.32. The smallest absolute Gasteiger partial charge is 0.236 e. The summed E-state index contributed by atoms with van der Waals surface area (Å²) in [7, 11) is 0. The summed E-state index contributed by atoms with van der Waals surface area (Å²) < 4.78 is 2.11. The van der Waals surface area contributed by atoms with E-state index < -0.39 is 0 Å². The van der Waals surface area contributed by atoms with E-state index in [2.05, 4.69) is 37.0 Å². The molecular weight excluding hydrogens is 462 g/mol. The van der Waals surface area contributed by atoms with Crippen LogP contribution in [0.3, 0.4) is 0 Å². The van der Waals surface area contributed by atoms with Crippen LogP contribution in [-0.2, 0) is 24.1 Å². The first-order chi connectivity index (χ1) is 15.6. The van der Waals surface area contributed by atoms with E-state index in [9.17, 15) is 4.79 Å². The summed E-state index contributed by atoms with van der Waals surface area (Å²) in [5, 5.41) is 23.4. The number of thioether (sulfide) groups is 1. The number of rotatable bonds is 6. The van der Waals surface area contributed by atoms with E-state index in [1.165, 1.54) is 45.3 Å². The average molecular weight is 486 g/mol. The van der Waals surface area contributed by atoms with Gasteiger partial charge in [0.25, 0.3) is 0 Å². The third-order valence-electron chi connectivity index (χ3n) is 6.09. The minimum absolute atomic E-state index is 0.116. The molecule has 32 heavy (non-hydrogen) atoms. The largest absolute Gasteiger partial charge is 0.300 e. The maximum absolute atomic E-state index is 12.5. The van der Waals surface area contributed by atoms with E-state index in [0.29, 0.717) is 11.0 Å². The predicted octanol–water partition coefficient (Wildman–Crippen LogP) is 4.49. The van der Waals surface area contributed by atoms with Crippen LogP contribution in [-0.4, -0.2) is 41.4 Å². The van der Waals surface area contributed by atoms with Crippen LogP contribution in [0.25, 0.3) is 15.9 Å². The molecule has 8 nitrogen and oxygen atoms in total. The number of aromatic nitrogens is 6. The Morgan fingerprint density at radius 3 is 2.84 bits per heavy atom. The quantitative estimate of drug-likeness (QED) is 0.402. The number of nitrogens with zero attached hydrogens (tertiary/aromatic N) is 6. The molecule has 2 aliphatic carbocycles.